The number of hydrogen-bond acceptors (Lipinski definition) is 4. The fraction of sp³-hybridized carbons (Fsp3) is 0.500. The molecule has 1 aliphatic rings. The number of para-hydroxylation sites is 2. The van der Waals surface area contributed by atoms with E-state index in [9.17, 15) is 4.79 Å². The Morgan fingerprint density at radius 3 is 2.50 bits per heavy atom. The number of halogens is 1. The molecule has 6 heteroatoms. The van der Waals surface area contributed by atoms with E-state index in [0.29, 0.717) is 18.0 Å². The molecule has 3 atom stereocenters. The molecule has 1 aromatic carbocycles. The monoisotopic (exact) mass is 300 g/mol. The third-order valence-corrected chi connectivity index (χ3v) is 3.18. The van der Waals surface area contributed by atoms with E-state index in [-0.39, 0.29) is 30.5 Å². The van der Waals surface area contributed by atoms with Gasteiger partial charge in [0, 0.05) is 12.6 Å². The van der Waals surface area contributed by atoms with Gasteiger partial charge in [-0.3, -0.25) is 4.79 Å². The van der Waals surface area contributed by atoms with Gasteiger partial charge in [-0.25, -0.2) is 0 Å². The lowest BCUT2D eigenvalue weighted by atomic mass is 10.1. The summed E-state index contributed by atoms with van der Waals surface area (Å²) in [5.74, 6) is 1.15. The number of amides is 1. The average Bonchev–Trinajstić information content (AvgIpc) is 2.43. The molecule has 1 amide bonds. The van der Waals surface area contributed by atoms with E-state index in [2.05, 4.69) is 10.6 Å². The Labute approximate surface area is 125 Å². The van der Waals surface area contributed by atoms with Gasteiger partial charge in [-0.15, -0.1) is 12.4 Å². The van der Waals surface area contributed by atoms with E-state index >= 15 is 0 Å². The molecule has 0 spiro atoms. The fourth-order valence-electron chi connectivity index (χ4n) is 1.86. The van der Waals surface area contributed by atoms with Crippen LogP contribution in [0.2, 0.25) is 0 Å². The molecule has 112 valence electrons. The predicted molar refractivity (Wildman–Crippen MR) is 79.7 cm³/mol. The van der Waals surface area contributed by atoms with Gasteiger partial charge in [0.1, 0.15) is 6.10 Å². The van der Waals surface area contributed by atoms with Crippen molar-refractivity contribution in [2.24, 2.45) is 0 Å². The number of carbonyl (C=O) groups excluding carboxylic acids is 1. The lowest BCUT2D eigenvalue weighted by Crippen LogP contribution is -2.51. The van der Waals surface area contributed by atoms with Gasteiger partial charge in [-0.05, 0) is 33.0 Å². The van der Waals surface area contributed by atoms with Crippen LogP contribution < -0.4 is 20.1 Å². The molecule has 0 saturated carbocycles. The maximum Gasteiger partial charge on any atom is 0.265 e. The molecule has 0 radical (unpaired) electrons. The predicted octanol–water partition coefficient (Wildman–Crippen LogP) is 1.36. The van der Waals surface area contributed by atoms with Crippen molar-refractivity contribution < 1.29 is 14.3 Å². The zero-order valence-electron chi connectivity index (χ0n) is 11.9. The topological polar surface area (TPSA) is 59.6 Å². The number of rotatable bonds is 4. The number of hydrogen-bond donors (Lipinski definition) is 2. The van der Waals surface area contributed by atoms with Crippen LogP contribution in [0, 0.1) is 0 Å². The van der Waals surface area contributed by atoms with Crippen LogP contribution in [0.3, 0.4) is 0 Å². The van der Waals surface area contributed by atoms with Crippen molar-refractivity contribution in [3.8, 4) is 11.5 Å². The average molecular weight is 301 g/mol. The molecule has 1 heterocycles. The van der Waals surface area contributed by atoms with Crippen molar-refractivity contribution in [2.45, 2.75) is 32.1 Å². The van der Waals surface area contributed by atoms with E-state index < -0.39 is 6.10 Å². The minimum Gasteiger partial charge on any atom is -0.482 e. The number of benzene rings is 1. The van der Waals surface area contributed by atoms with E-state index in [1.54, 1.807) is 6.07 Å². The normalized spacial score (nSPS) is 21.6. The van der Waals surface area contributed by atoms with Crippen LogP contribution in [-0.2, 0) is 4.79 Å². The molecular formula is C14H21ClN2O3. The van der Waals surface area contributed by atoms with Gasteiger partial charge < -0.3 is 20.1 Å². The summed E-state index contributed by atoms with van der Waals surface area (Å²) in [4.78, 5) is 12.1. The molecule has 0 saturated heterocycles. The summed E-state index contributed by atoms with van der Waals surface area (Å²) >= 11 is 0. The largest absolute Gasteiger partial charge is 0.482 e. The zero-order chi connectivity index (χ0) is 13.8. The maximum absolute atomic E-state index is 12.1. The Balaban J connectivity index is 0.00000200. The lowest BCUT2D eigenvalue weighted by Gasteiger charge is -2.31. The van der Waals surface area contributed by atoms with E-state index in [1.807, 2.05) is 39.1 Å². The quantitative estimate of drug-likeness (QED) is 0.881. The smallest absolute Gasteiger partial charge is 0.265 e. The van der Waals surface area contributed by atoms with Crippen LogP contribution in [0.1, 0.15) is 13.8 Å². The number of carbonyl (C=O) groups is 1. The Kier molecular flexibility index (Phi) is 6.10. The highest BCUT2D eigenvalue weighted by atomic mass is 35.5. The first-order valence-corrected chi connectivity index (χ1v) is 6.49. The molecule has 3 unspecified atom stereocenters. The van der Waals surface area contributed by atoms with Crippen LogP contribution in [0.25, 0.3) is 0 Å². The maximum atomic E-state index is 12.1. The first-order valence-electron chi connectivity index (χ1n) is 6.49. The molecule has 2 rings (SSSR count). The van der Waals surface area contributed by atoms with Gasteiger partial charge in [-0.2, -0.15) is 0 Å². The van der Waals surface area contributed by atoms with Crippen molar-refractivity contribution in [3.63, 3.8) is 0 Å². The molecule has 0 fully saturated rings. The van der Waals surface area contributed by atoms with Crippen LogP contribution in [0.5, 0.6) is 11.5 Å². The first-order chi connectivity index (χ1) is 9.11. The minimum absolute atomic E-state index is 0. The highest BCUT2D eigenvalue weighted by Gasteiger charge is 2.33. The van der Waals surface area contributed by atoms with Crippen LogP contribution in [-0.4, -0.2) is 37.7 Å². The highest BCUT2D eigenvalue weighted by Crippen LogP contribution is 2.33. The zero-order valence-corrected chi connectivity index (χ0v) is 12.7. The Morgan fingerprint density at radius 1 is 1.30 bits per heavy atom. The fourth-order valence-corrected chi connectivity index (χ4v) is 1.86. The van der Waals surface area contributed by atoms with E-state index in [1.165, 1.54) is 0 Å². The summed E-state index contributed by atoms with van der Waals surface area (Å²) in [7, 11) is 1.86. The summed E-state index contributed by atoms with van der Waals surface area (Å²) in [6.45, 7) is 4.39. The first kappa shape index (κ1) is 16.6. The van der Waals surface area contributed by atoms with Gasteiger partial charge in [0.25, 0.3) is 5.91 Å². The van der Waals surface area contributed by atoms with Crippen LogP contribution >= 0.6 is 12.4 Å². The number of nitrogens with one attached hydrogen (secondary N) is 2. The van der Waals surface area contributed by atoms with Gasteiger partial charge in [-0.1, -0.05) is 12.1 Å². The molecular weight excluding hydrogens is 280 g/mol. The summed E-state index contributed by atoms with van der Waals surface area (Å²) in [6, 6.07) is 7.59. The SMILES string of the molecule is CNC(C)CNC(=O)C1Oc2ccccc2OC1C.Cl. The summed E-state index contributed by atoms with van der Waals surface area (Å²) in [6.07, 6.45) is -0.918. The second-order valence-corrected chi connectivity index (χ2v) is 4.74. The van der Waals surface area contributed by atoms with Crippen LogP contribution in [0.15, 0.2) is 24.3 Å². The highest BCUT2D eigenvalue weighted by molar-refractivity contribution is 5.85. The molecule has 0 bridgehead atoms. The molecule has 0 aliphatic carbocycles. The molecule has 1 aliphatic heterocycles. The molecule has 2 N–H and O–H groups in total. The summed E-state index contributed by atoms with van der Waals surface area (Å²) in [5.41, 5.74) is 0. The Hall–Kier alpha value is -1.46. The second kappa shape index (κ2) is 7.36. The van der Waals surface area contributed by atoms with Crippen molar-refractivity contribution in [1.29, 1.82) is 0 Å². The van der Waals surface area contributed by atoms with Gasteiger partial charge in [0.2, 0.25) is 6.10 Å². The van der Waals surface area contributed by atoms with Crippen LogP contribution in [0.4, 0.5) is 0 Å². The van der Waals surface area contributed by atoms with Crippen molar-refractivity contribution in [2.75, 3.05) is 13.6 Å². The molecule has 5 nitrogen and oxygen atoms in total. The van der Waals surface area contributed by atoms with Gasteiger partial charge in [0.05, 0.1) is 0 Å². The molecule has 1 aromatic rings. The third kappa shape index (κ3) is 3.77. The minimum atomic E-state index is -0.612. The van der Waals surface area contributed by atoms with Crippen molar-refractivity contribution in [3.05, 3.63) is 24.3 Å². The number of fused-ring (bicyclic) bond motifs is 1. The Bertz CT molecular complexity index is 456. The molecule has 0 aromatic heterocycles. The van der Waals surface area contributed by atoms with Gasteiger partial charge >= 0.3 is 0 Å². The van der Waals surface area contributed by atoms with Crippen molar-refractivity contribution >= 4 is 18.3 Å². The van der Waals surface area contributed by atoms with Crippen molar-refractivity contribution in [1.82, 2.24) is 10.6 Å². The summed E-state index contributed by atoms with van der Waals surface area (Å²) < 4.78 is 11.4. The number of likely N-dealkylation sites (N-methyl/N-ethyl adjacent to an activating group) is 1. The number of ether oxygens (including phenoxy) is 2. The van der Waals surface area contributed by atoms with E-state index in [4.69, 9.17) is 9.47 Å². The summed E-state index contributed by atoms with van der Waals surface area (Å²) in [5, 5.41) is 5.92. The molecule has 20 heavy (non-hydrogen) atoms. The third-order valence-electron chi connectivity index (χ3n) is 3.18. The standard InChI is InChI=1S/C14H20N2O3.ClH/c1-9(15-3)8-16-14(17)13-10(2)18-11-6-4-5-7-12(11)19-13;/h4-7,9-10,13,15H,8H2,1-3H3,(H,16,17);1H. The van der Waals surface area contributed by atoms with E-state index in [0.717, 1.165) is 0 Å². The lowest BCUT2D eigenvalue weighted by molar-refractivity contribution is -0.133. The Morgan fingerprint density at radius 2 is 1.90 bits per heavy atom. The van der Waals surface area contributed by atoms with Gasteiger partial charge in [0.15, 0.2) is 11.5 Å². The second-order valence-electron chi connectivity index (χ2n) is 4.74.